The second kappa shape index (κ2) is 11.4. The van der Waals surface area contributed by atoms with Crippen LogP contribution in [0.3, 0.4) is 0 Å². The number of aromatic nitrogens is 6. The van der Waals surface area contributed by atoms with Gasteiger partial charge >= 0.3 is 0 Å². The van der Waals surface area contributed by atoms with E-state index in [-0.39, 0.29) is 36.9 Å². The summed E-state index contributed by atoms with van der Waals surface area (Å²) in [5.74, 6) is 0. The maximum absolute atomic E-state index is 13.3. The minimum Gasteiger partial charge on any atom is -0.388 e. The third-order valence-corrected chi connectivity index (χ3v) is 7.25. The minimum absolute atomic E-state index is 0. The summed E-state index contributed by atoms with van der Waals surface area (Å²) < 4.78 is 7.94. The van der Waals surface area contributed by atoms with E-state index in [1.54, 1.807) is 11.7 Å². The smallest absolute Gasteiger partial charge is 0.281 e. The normalized spacial score (nSPS) is 15.3. The quantitative estimate of drug-likeness (QED) is 0.314. The van der Waals surface area contributed by atoms with Gasteiger partial charge in [-0.1, -0.05) is 30.3 Å². The third-order valence-electron chi connectivity index (χ3n) is 7.25. The number of nitrogens with two attached hydrogens (primary N) is 1. The molecule has 0 bridgehead atoms. The molecule has 0 amide bonds. The Morgan fingerprint density at radius 1 is 1.00 bits per heavy atom. The van der Waals surface area contributed by atoms with Crippen LogP contribution in [0.5, 0.6) is 0 Å². The number of nitrogens with zero attached hydrogens (tertiary/aromatic N) is 7. The van der Waals surface area contributed by atoms with Crippen LogP contribution in [0.1, 0.15) is 24.0 Å². The van der Waals surface area contributed by atoms with E-state index in [2.05, 4.69) is 25.3 Å². The number of rotatable bonds is 6. The van der Waals surface area contributed by atoms with Crippen LogP contribution < -0.4 is 11.3 Å². The van der Waals surface area contributed by atoms with Gasteiger partial charge < -0.3 is 10.8 Å². The number of hydrogen-bond acceptors (Lipinski definition) is 9. The zero-order valence-corrected chi connectivity index (χ0v) is 23.0. The molecule has 1 aliphatic heterocycles. The highest BCUT2D eigenvalue weighted by molar-refractivity contribution is 5.89. The van der Waals surface area contributed by atoms with Crippen molar-refractivity contribution in [3.05, 3.63) is 70.3 Å². The second-order valence-corrected chi connectivity index (χ2v) is 9.84. The monoisotopic (exact) mass is 572 g/mol. The van der Waals surface area contributed by atoms with Gasteiger partial charge in [0.25, 0.3) is 5.56 Å². The first-order chi connectivity index (χ1) is 17.9. The van der Waals surface area contributed by atoms with Crippen LogP contribution in [0, 0.1) is 0 Å². The Bertz CT molecular complexity index is 1640. The molecule has 1 aliphatic rings. The Balaban J connectivity index is 0.00000176. The molecule has 3 aromatic heterocycles. The van der Waals surface area contributed by atoms with E-state index in [1.807, 2.05) is 42.5 Å². The molecule has 1 fully saturated rings. The van der Waals surface area contributed by atoms with Gasteiger partial charge in [0.2, 0.25) is 0 Å². The average molecular weight is 573 g/mol. The van der Waals surface area contributed by atoms with E-state index in [4.69, 9.17) is 10.4 Å². The number of aliphatic hydroxyl groups is 1. The van der Waals surface area contributed by atoms with Gasteiger partial charge in [0.15, 0.2) is 5.52 Å². The predicted octanol–water partition coefficient (Wildman–Crippen LogP) is 2.66. The fourth-order valence-corrected chi connectivity index (χ4v) is 5.12. The van der Waals surface area contributed by atoms with E-state index < -0.39 is 5.60 Å². The van der Waals surface area contributed by atoms with Crippen molar-refractivity contribution in [2.24, 2.45) is 12.8 Å². The Kier molecular flexibility index (Phi) is 8.38. The van der Waals surface area contributed by atoms with Crippen LogP contribution in [-0.2, 0) is 26.7 Å². The predicted molar refractivity (Wildman–Crippen MR) is 152 cm³/mol. The van der Waals surface area contributed by atoms with E-state index in [0.29, 0.717) is 43.5 Å². The molecule has 206 valence electrons. The van der Waals surface area contributed by atoms with Crippen LogP contribution in [0.25, 0.3) is 33.3 Å². The van der Waals surface area contributed by atoms with Crippen LogP contribution in [0.4, 0.5) is 0 Å². The summed E-state index contributed by atoms with van der Waals surface area (Å²) in [6, 6.07) is 13.7. The minimum atomic E-state index is -0.995. The van der Waals surface area contributed by atoms with Crippen LogP contribution in [-0.4, -0.2) is 58.3 Å². The molecule has 0 spiro atoms. The van der Waals surface area contributed by atoms with Crippen LogP contribution >= 0.6 is 24.8 Å². The van der Waals surface area contributed by atoms with Crippen molar-refractivity contribution in [2.45, 2.75) is 38.1 Å². The Morgan fingerprint density at radius 3 is 2.41 bits per heavy atom. The van der Waals surface area contributed by atoms with Crippen molar-refractivity contribution >= 4 is 46.9 Å². The van der Waals surface area contributed by atoms with Crippen molar-refractivity contribution in [1.29, 1.82) is 0 Å². The lowest BCUT2D eigenvalue weighted by atomic mass is 9.91. The lowest BCUT2D eigenvalue weighted by Gasteiger charge is -2.38. The number of aryl methyl sites for hydroxylation is 1. The number of likely N-dealkylation sites (tertiary alicyclic amines) is 1. The number of piperidine rings is 1. The van der Waals surface area contributed by atoms with E-state index in [1.165, 1.54) is 10.9 Å². The molecule has 6 rings (SSSR count). The molecular formula is C26H30Cl2N8O3. The lowest BCUT2D eigenvalue weighted by Crippen LogP contribution is -2.47. The summed E-state index contributed by atoms with van der Waals surface area (Å²) in [5, 5.41) is 23.6. The Hall–Kier alpha value is -3.35. The fourth-order valence-electron chi connectivity index (χ4n) is 5.12. The molecule has 13 heteroatoms. The number of halogens is 2. The number of benzene rings is 2. The summed E-state index contributed by atoms with van der Waals surface area (Å²) in [4.78, 5) is 20.2. The SMILES string of the molecule is Cl.Cl.Cn1nc2c(=O)n(CC3(O)CCN(Cc4ccc5nonc5c4)CC3)cnc2c1-c1ccc(CN)cc1. The summed E-state index contributed by atoms with van der Waals surface area (Å²) in [6.45, 7) is 2.81. The molecule has 4 heterocycles. The van der Waals surface area contributed by atoms with Crippen molar-refractivity contribution in [1.82, 2.24) is 34.5 Å². The molecule has 2 aromatic carbocycles. The molecule has 0 unspecified atom stereocenters. The molecule has 11 nitrogen and oxygen atoms in total. The molecular weight excluding hydrogens is 543 g/mol. The topological polar surface area (TPSA) is 141 Å². The molecule has 0 saturated carbocycles. The Labute approximate surface area is 236 Å². The van der Waals surface area contributed by atoms with Gasteiger partial charge in [-0.05, 0) is 46.4 Å². The van der Waals surface area contributed by atoms with E-state index in [9.17, 15) is 9.90 Å². The lowest BCUT2D eigenvalue weighted by molar-refractivity contribution is -0.0364. The van der Waals surface area contributed by atoms with Gasteiger partial charge in [0.1, 0.15) is 16.6 Å². The molecule has 39 heavy (non-hydrogen) atoms. The van der Waals surface area contributed by atoms with Gasteiger partial charge in [-0.2, -0.15) is 5.10 Å². The van der Waals surface area contributed by atoms with Gasteiger partial charge in [0.05, 0.1) is 24.2 Å². The van der Waals surface area contributed by atoms with E-state index in [0.717, 1.165) is 40.0 Å². The number of hydrogen-bond donors (Lipinski definition) is 2. The zero-order valence-electron chi connectivity index (χ0n) is 21.4. The maximum Gasteiger partial charge on any atom is 0.281 e. The fraction of sp³-hybridized carbons (Fsp3) is 0.346. The highest BCUT2D eigenvalue weighted by atomic mass is 35.5. The van der Waals surface area contributed by atoms with Gasteiger partial charge in [-0.3, -0.25) is 18.9 Å². The van der Waals surface area contributed by atoms with Gasteiger partial charge in [0, 0.05) is 38.8 Å². The Morgan fingerprint density at radius 2 is 1.69 bits per heavy atom. The summed E-state index contributed by atoms with van der Waals surface area (Å²) in [6.07, 6.45) is 2.62. The second-order valence-electron chi connectivity index (χ2n) is 9.84. The largest absolute Gasteiger partial charge is 0.388 e. The van der Waals surface area contributed by atoms with Crippen LogP contribution in [0.2, 0.25) is 0 Å². The molecule has 0 aliphatic carbocycles. The van der Waals surface area contributed by atoms with E-state index >= 15 is 0 Å². The number of fused-ring (bicyclic) bond motifs is 2. The molecule has 1 saturated heterocycles. The molecule has 3 N–H and O–H groups in total. The average Bonchev–Trinajstić information content (AvgIpc) is 3.51. The molecule has 0 atom stereocenters. The van der Waals surface area contributed by atoms with Crippen molar-refractivity contribution in [3.63, 3.8) is 0 Å². The van der Waals surface area contributed by atoms with Crippen molar-refractivity contribution < 1.29 is 9.74 Å². The van der Waals surface area contributed by atoms with Crippen molar-refractivity contribution in [3.8, 4) is 11.3 Å². The van der Waals surface area contributed by atoms with Crippen molar-refractivity contribution in [2.75, 3.05) is 13.1 Å². The first-order valence-corrected chi connectivity index (χ1v) is 12.3. The van der Waals surface area contributed by atoms with Gasteiger partial charge in [-0.15, -0.1) is 24.8 Å². The summed E-state index contributed by atoms with van der Waals surface area (Å²) in [7, 11) is 1.80. The molecule has 5 aromatic rings. The summed E-state index contributed by atoms with van der Waals surface area (Å²) in [5.41, 5.74) is 10.6. The first-order valence-electron chi connectivity index (χ1n) is 12.3. The first kappa shape index (κ1) is 28.7. The molecule has 0 radical (unpaired) electrons. The van der Waals surface area contributed by atoms with Gasteiger partial charge in [-0.25, -0.2) is 9.61 Å². The highest BCUT2D eigenvalue weighted by Crippen LogP contribution is 2.28. The standard InChI is InChI=1S/C26H28N8O3.2ClH/c1-32-24(19-5-2-17(13-27)3-6-19)22-23(29-32)25(35)34(16-28-22)15-26(36)8-10-33(11-9-26)14-18-4-7-20-21(12-18)31-37-30-20;;/h2-7,12,16,36H,8-11,13-15,27H2,1H3;2*1H. The van der Waals surface area contributed by atoms with Crippen LogP contribution in [0.15, 0.2) is 58.2 Å². The summed E-state index contributed by atoms with van der Waals surface area (Å²) >= 11 is 0. The third kappa shape index (κ3) is 5.54. The maximum atomic E-state index is 13.3. The highest BCUT2D eigenvalue weighted by Gasteiger charge is 2.33. The zero-order chi connectivity index (χ0) is 25.6.